The zero-order chi connectivity index (χ0) is 13.9. The van der Waals surface area contributed by atoms with Crippen molar-refractivity contribution in [3.8, 4) is 5.75 Å². The second-order valence-electron chi connectivity index (χ2n) is 4.00. The quantitative estimate of drug-likeness (QED) is 0.427. The number of ether oxygens (including phenoxy) is 2. The lowest BCUT2D eigenvalue weighted by Crippen LogP contribution is -1.99. The highest BCUT2D eigenvalue weighted by atomic mass is 16.5. The summed E-state index contributed by atoms with van der Waals surface area (Å²) in [5, 5.41) is 0. The Labute approximate surface area is 114 Å². The first kappa shape index (κ1) is 15.0. The van der Waals surface area contributed by atoms with E-state index < -0.39 is 0 Å². The third kappa shape index (κ3) is 6.46. The summed E-state index contributed by atoms with van der Waals surface area (Å²) in [5.41, 5.74) is 0.930. The van der Waals surface area contributed by atoms with Crippen LogP contribution in [0.5, 0.6) is 5.75 Å². The van der Waals surface area contributed by atoms with Crippen molar-refractivity contribution in [2.45, 2.75) is 19.8 Å². The molecule has 1 aromatic rings. The van der Waals surface area contributed by atoms with Crippen LogP contribution in [0.15, 0.2) is 42.5 Å². The molecule has 1 aromatic carbocycles. The maximum absolute atomic E-state index is 11.4. The summed E-state index contributed by atoms with van der Waals surface area (Å²) in [5.74, 6) is 0.456. The van der Waals surface area contributed by atoms with E-state index in [9.17, 15) is 4.79 Å². The Bertz CT molecular complexity index is 430. The molecule has 0 spiro atoms. The van der Waals surface area contributed by atoms with Crippen molar-refractivity contribution in [3.05, 3.63) is 48.1 Å². The summed E-state index contributed by atoms with van der Waals surface area (Å²) >= 11 is 0. The fourth-order valence-electron chi connectivity index (χ4n) is 1.41. The van der Waals surface area contributed by atoms with Crippen LogP contribution in [0.3, 0.4) is 0 Å². The Morgan fingerprint density at radius 3 is 2.58 bits per heavy atom. The van der Waals surface area contributed by atoms with Crippen molar-refractivity contribution in [2.75, 3.05) is 13.7 Å². The second-order valence-corrected chi connectivity index (χ2v) is 4.00. The third-order valence-corrected chi connectivity index (χ3v) is 2.47. The van der Waals surface area contributed by atoms with E-state index in [4.69, 9.17) is 9.47 Å². The molecule has 0 radical (unpaired) electrons. The molecule has 0 saturated carbocycles. The topological polar surface area (TPSA) is 35.5 Å². The highest BCUT2D eigenvalue weighted by Crippen LogP contribution is 2.12. The third-order valence-electron chi connectivity index (χ3n) is 2.47. The van der Waals surface area contributed by atoms with Gasteiger partial charge in [-0.3, -0.25) is 0 Å². The van der Waals surface area contributed by atoms with E-state index in [2.05, 4.69) is 6.92 Å². The summed E-state index contributed by atoms with van der Waals surface area (Å²) in [6.45, 7) is 2.43. The largest absolute Gasteiger partial charge is 0.497 e. The summed E-state index contributed by atoms with van der Waals surface area (Å²) in [6, 6.07) is 7.45. The van der Waals surface area contributed by atoms with Crippen molar-refractivity contribution in [3.63, 3.8) is 0 Å². The van der Waals surface area contributed by atoms with Crippen molar-refractivity contribution in [1.29, 1.82) is 0 Å². The molecule has 3 nitrogen and oxygen atoms in total. The number of methoxy groups -OCH3 is 1. The maximum Gasteiger partial charge on any atom is 0.331 e. The van der Waals surface area contributed by atoms with Gasteiger partial charge in [-0.1, -0.05) is 37.6 Å². The average molecular weight is 260 g/mol. The lowest BCUT2D eigenvalue weighted by Gasteiger charge is -1.99. The number of carbonyl (C=O) groups excluding carboxylic acids is 1. The molecule has 0 aliphatic heterocycles. The molecule has 0 atom stereocenters. The SMILES string of the molecule is CCC/C=C/COC(=O)/C=C/c1ccc(OC)cc1. The van der Waals surface area contributed by atoms with Crippen LogP contribution in [0.4, 0.5) is 0 Å². The molecule has 19 heavy (non-hydrogen) atoms. The number of hydrogen-bond donors (Lipinski definition) is 0. The Morgan fingerprint density at radius 2 is 1.95 bits per heavy atom. The van der Waals surface area contributed by atoms with Crippen LogP contribution < -0.4 is 4.74 Å². The van der Waals surface area contributed by atoms with Crippen LogP contribution in [-0.2, 0) is 9.53 Å². The van der Waals surface area contributed by atoms with E-state index in [0.717, 1.165) is 24.2 Å². The van der Waals surface area contributed by atoms with Gasteiger partial charge >= 0.3 is 5.97 Å². The van der Waals surface area contributed by atoms with Gasteiger partial charge in [-0.05, 0) is 30.2 Å². The van der Waals surface area contributed by atoms with E-state index in [1.807, 2.05) is 36.4 Å². The van der Waals surface area contributed by atoms with E-state index in [0.29, 0.717) is 6.61 Å². The molecule has 0 fully saturated rings. The Kier molecular flexibility index (Phi) is 7.10. The predicted octanol–water partition coefficient (Wildman–Crippen LogP) is 3.61. The first-order valence-corrected chi connectivity index (χ1v) is 6.40. The summed E-state index contributed by atoms with van der Waals surface area (Å²) in [7, 11) is 1.62. The van der Waals surface area contributed by atoms with Gasteiger partial charge in [0.15, 0.2) is 0 Å². The van der Waals surface area contributed by atoms with E-state index >= 15 is 0 Å². The first-order valence-electron chi connectivity index (χ1n) is 6.40. The number of esters is 1. The number of benzene rings is 1. The van der Waals surface area contributed by atoms with Crippen molar-refractivity contribution in [2.24, 2.45) is 0 Å². The molecule has 0 aliphatic rings. The molecule has 1 rings (SSSR count). The minimum absolute atomic E-state index is 0.325. The van der Waals surface area contributed by atoms with Crippen LogP contribution in [0.25, 0.3) is 6.08 Å². The first-order chi connectivity index (χ1) is 9.26. The van der Waals surface area contributed by atoms with Crippen molar-refractivity contribution < 1.29 is 14.3 Å². The summed E-state index contributed by atoms with van der Waals surface area (Å²) in [4.78, 5) is 11.4. The van der Waals surface area contributed by atoms with Gasteiger partial charge in [0.1, 0.15) is 12.4 Å². The Balaban J connectivity index is 2.36. The normalized spacial score (nSPS) is 11.1. The second kappa shape index (κ2) is 8.97. The summed E-state index contributed by atoms with van der Waals surface area (Å²) < 4.78 is 10.1. The zero-order valence-corrected chi connectivity index (χ0v) is 11.5. The number of rotatable bonds is 7. The average Bonchev–Trinajstić information content (AvgIpc) is 2.45. The van der Waals surface area contributed by atoms with Crippen LogP contribution in [0.1, 0.15) is 25.3 Å². The molecule has 102 valence electrons. The molecule has 0 N–H and O–H groups in total. The van der Waals surface area contributed by atoms with Crippen molar-refractivity contribution in [1.82, 2.24) is 0 Å². The van der Waals surface area contributed by atoms with Gasteiger partial charge in [0.05, 0.1) is 7.11 Å². The standard InChI is InChI=1S/C16H20O3/c1-3-4-5-6-13-19-16(17)12-9-14-7-10-15(18-2)11-8-14/h5-12H,3-4,13H2,1-2H3/b6-5+,12-9+. The molecule has 0 saturated heterocycles. The van der Waals surface area contributed by atoms with Gasteiger partial charge in [-0.25, -0.2) is 4.79 Å². The van der Waals surface area contributed by atoms with Crippen molar-refractivity contribution >= 4 is 12.0 Å². The highest BCUT2D eigenvalue weighted by molar-refractivity contribution is 5.87. The van der Waals surface area contributed by atoms with Gasteiger partial charge in [0, 0.05) is 6.08 Å². The number of allylic oxidation sites excluding steroid dienone is 1. The molecule has 0 amide bonds. The van der Waals surface area contributed by atoms with Gasteiger partial charge in [-0.15, -0.1) is 0 Å². The smallest absolute Gasteiger partial charge is 0.331 e. The number of unbranched alkanes of at least 4 members (excludes halogenated alkanes) is 1. The van der Waals surface area contributed by atoms with Crippen LogP contribution >= 0.6 is 0 Å². The molecule has 0 aromatic heterocycles. The molecule has 3 heteroatoms. The lowest BCUT2D eigenvalue weighted by atomic mass is 10.2. The van der Waals surface area contributed by atoms with Crippen LogP contribution in [0.2, 0.25) is 0 Å². The van der Waals surface area contributed by atoms with Gasteiger partial charge < -0.3 is 9.47 Å². The zero-order valence-electron chi connectivity index (χ0n) is 11.5. The Hall–Kier alpha value is -2.03. The summed E-state index contributed by atoms with van der Waals surface area (Å²) in [6.07, 6.45) is 9.14. The minimum atomic E-state index is -0.336. The molecule has 0 aliphatic carbocycles. The van der Waals surface area contributed by atoms with Crippen LogP contribution in [0, 0.1) is 0 Å². The lowest BCUT2D eigenvalue weighted by molar-refractivity contribution is -0.136. The van der Waals surface area contributed by atoms with E-state index in [-0.39, 0.29) is 5.97 Å². The molecule has 0 heterocycles. The van der Waals surface area contributed by atoms with Gasteiger partial charge in [0.25, 0.3) is 0 Å². The number of carbonyl (C=O) groups is 1. The van der Waals surface area contributed by atoms with Gasteiger partial charge in [0.2, 0.25) is 0 Å². The maximum atomic E-state index is 11.4. The molecular weight excluding hydrogens is 240 g/mol. The molecular formula is C16H20O3. The molecule has 0 bridgehead atoms. The van der Waals surface area contributed by atoms with Gasteiger partial charge in [-0.2, -0.15) is 0 Å². The monoisotopic (exact) mass is 260 g/mol. The Morgan fingerprint density at radius 1 is 1.21 bits per heavy atom. The van der Waals surface area contributed by atoms with E-state index in [1.165, 1.54) is 6.08 Å². The fraction of sp³-hybridized carbons (Fsp3) is 0.312. The highest BCUT2D eigenvalue weighted by Gasteiger charge is 1.95. The minimum Gasteiger partial charge on any atom is -0.497 e. The van der Waals surface area contributed by atoms with E-state index in [1.54, 1.807) is 13.2 Å². The fourth-order valence-corrected chi connectivity index (χ4v) is 1.41. The molecule has 0 unspecified atom stereocenters. The van der Waals surface area contributed by atoms with Crippen LogP contribution in [-0.4, -0.2) is 19.7 Å². The predicted molar refractivity (Wildman–Crippen MR) is 77.0 cm³/mol. The number of hydrogen-bond acceptors (Lipinski definition) is 3.